The van der Waals surface area contributed by atoms with E-state index < -0.39 is 6.10 Å². The molecule has 1 atom stereocenters. The van der Waals surface area contributed by atoms with E-state index in [0.717, 1.165) is 18.4 Å². The first kappa shape index (κ1) is 18.9. The Morgan fingerprint density at radius 3 is 2.05 bits per heavy atom. The number of Topliss-reactive ketones (excluding diaryl/α,β-unsaturated/α-hetero) is 1. The fourth-order valence-electron chi connectivity index (χ4n) is 2.74. The van der Waals surface area contributed by atoms with E-state index in [-0.39, 0.29) is 12.2 Å². The smallest absolute Gasteiger partial charge is 0.135 e. The molecule has 0 bridgehead atoms. The van der Waals surface area contributed by atoms with Crippen LogP contribution in [0.5, 0.6) is 0 Å². The Balaban J connectivity index is 2.00. The Morgan fingerprint density at radius 1 is 0.909 bits per heavy atom. The lowest BCUT2D eigenvalue weighted by molar-refractivity contribution is -0.121. The molecule has 0 radical (unpaired) electrons. The van der Waals surface area contributed by atoms with E-state index in [0.29, 0.717) is 6.42 Å². The van der Waals surface area contributed by atoms with Crippen LogP contribution in [0.15, 0.2) is 30.3 Å². The quantitative estimate of drug-likeness (QED) is 0.482. The minimum Gasteiger partial charge on any atom is -0.388 e. The fraction of sp³-hybridized carbons (Fsp3) is 0.650. The van der Waals surface area contributed by atoms with Gasteiger partial charge in [-0.05, 0) is 12.0 Å². The highest BCUT2D eigenvalue weighted by molar-refractivity contribution is 5.79. The summed E-state index contributed by atoms with van der Waals surface area (Å²) in [5.74, 6) is 0.180. The van der Waals surface area contributed by atoms with Gasteiger partial charge in [-0.2, -0.15) is 0 Å². The molecule has 0 aliphatic rings. The van der Waals surface area contributed by atoms with Crippen LogP contribution < -0.4 is 0 Å². The van der Waals surface area contributed by atoms with Crippen molar-refractivity contribution in [2.75, 3.05) is 0 Å². The zero-order chi connectivity index (χ0) is 16.0. The Kier molecular flexibility index (Phi) is 10.7. The highest BCUT2D eigenvalue weighted by atomic mass is 16.3. The second kappa shape index (κ2) is 12.4. The second-order valence-electron chi connectivity index (χ2n) is 6.25. The molecular weight excluding hydrogens is 272 g/mol. The number of aliphatic hydroxyl groups excluding tert-OH is 1. The molecule has 0 spiro atoms. The summed E-state index contributed by atoms with van der Waals surface area (Å²) in [5.41, 5.74) is 0.836. The molecule has 1 aromatic carbocycles. The number of benzene rings is 1. The zero-order valence-electron chi connectivity index (χ0n) is 14.1. The lowest BCUT2D eigenvalue weighted by atomic mass is 10.0. The fourth-order valence-corrected chi connectivity index (χ4v) is 2.74. The lowest BCUT2D eigenvalue weighted by Gasteiger charge is -2.09. The third-order valence-corrected chi connectivity index (χ3v) is 4.16. The molecule has 0 saturated heterocycles. The molecular formula is C20H32O2. The van der Waals surface area contributed by atoms with Gasteiger partial charge >= 0.3 is 0 Å². The van der Waals surface area contributed by atoms with Crippen molar-refractivity contribution in [1.82, 2.24) is 0 Å². The highest BCUT2D eigenvalue weighted by Gasteiger charge is 2.12. The van der Waals surface area contributed by atoms with Crippen molar-refractivity contribution in [2.24, 2.45) is 0 Å². The van der Waals surface area contributed by atoms with Crippen molar-refractivity contribution in [2.45, 2.75) is 83.7 Å². The van der Waals surface area contributed by atoms with Crippen LogP contribution in [0.25, 0.3) is 0 Å². The summed E-state index contributed by atoms with van der Waals surface area (Å²) in [5, 5.41) is 10.0. The summed E-state index contributed by atoms with van der Waals surface area (Å²) in [6, 6.07) is 9.44. The normalized spacial score (nSPS) is 12.3. The first-order chi connectivity index (χ1) is 10.7. The monoisotopic (exact) mass is 304 g/mol. The molecule has 1 N–H and O–H groups in total. The summed E-state index contributed by atoms with van der Waals surface area (Å²) in [6.45, 7) is 2.24. The SMILES string of the molecule is CCCCCCCCCCCC(=O)C[C@H](O)c1ccccc1. The van der Waals surface area contributed by atoms with Crippen molar-refractivity contribution < 1.29 is 9.90 Å². The van der Waals surface area contributed by atoms with Crippen molar-refractivity contribution in [3.05, 3.63) is 35.9 Å². The number of ketones is 1. The molecule has 0 aliphatic heterocycles. The van der Waals surface area contributed by atoms with Crippen LogP contribution in [0.1, 0.15) is 89.2 Å². The number of carbonyl (C=O) groups excluding carboxylic acids is 1. The van der Waals surface area contributed by atoms with Gasteiger partial charge in [0, 0.05) is 12.8 Å². The van der Waals surface area contributed by atoms with Gasteiger partial charge in [-0.15, -0.1) is 0 Å². The molecule has 0 unspecified atom stereocenters. The van der Waals surface area contributed by atoms with Crippen molar-refractivity contribution in [1.29, 1.82) is 0 Å². The van der Waals surface area contributed by atoms with Gasteiger partial charge in [0.2, 0.25) is 0 Å². The maximum Gasteiger partial charge on any atom is 0.135 e. The molecule has 0 aromatic heterocycles. The molecule has 1 rings (SSSR count). The maximum absolute atomic E-state index is 11.9. The van der Waals surface area contributed by atoms with E-state index in [2.05, 4.69) is 6.92 Å². The molecule has 1 aromatic rings. The molecule has 22 heavy (non-hydrogen) atoms. The number of hydrogen-bond donors (Lipinski definition) is 1. The topological polar surface area (TPSA) is 37.3 Å². The minimum absolute atomic E-state index is 0.180. The zero-order valence-corrected chi connectivity index (χ0v) is 14.1. The Labute approximate surface area is 135 Å². The average molecular weight is 304 g/mol. The first-order valence-electron chi connectivity index (χ1n) is 8.98. The number of carbonyl (C=O) groups is 1. The Bertz CT molecular complexity index is 386. The first-order valence-corrected chi connectivity index (χ1v) is 8.98. The molecule has 2 nitrogen and oxygen atoms in total. The average Bonchev–Trinajstić information content (AvgIpc) is 2.54. The van der Waals surface area contributed by atoms with Gasteiger partial charge in [0.1, 0.15) is 5.78 Å². The standard InChI is InChI=1S/C20H32O2/c1-2-3-4-5-6-7-8-9-13-16-19(21)17-20(22)18-14-11-10-12-15-18/h10-12,14-15,20,22H,2-9,13,16-17H2,1H3/t20-/m0/s1. The number of hydrogen-bond acceptors (Lipinski definition) is 2. The van der Waals surface area contributed by atoms with Crippen molar-refractivity contribution in [3.63, 3.8) is 0 Å². The van der Waals surface area contributed by atoms with Crippen LogP contribution in [0.2, 0.25) is 0 Å². The molecule has 124 valence electrons. The predicted molar refractivity (Wildman–Crippen MR) is 92.9 cm³/mol. The van der Waals surface area contributed by atoms with Crippen LogP contribution in [-0.2, 0) is 4.79 Å². The van der Waals surface area contributed by atoms with Crippen LogP contribution in [-0.4, -0.2) is 10.9 Å². The van der Waals surface area contributed by atoms with Gasteiger partial charge in [-0.25, -0.2) is 0 Å². The largest absolute Gasteiger partial charge is 0.388 e. The van der Waals surface area contributed by atoms with Crippen LogP contribution >= 0.6 is 0 Å². The predicted octanol–water partition coefficient (Wildman–Crippen LogP) is 5.60. The van der Waals surface area contributed by atoms with E-state index in [1.807, 2.05) is 30.3 Å². The minimum atomic E-state index is -0.646. The molecule has 0 heterocycles. The molecule has 0 saturated carbocycles. The third-order valence-electron chi connectivity index (χ3n) is 4.16. The van der Waals surface area contributed by atoms with Crippen LogP contribution in [0, 0.1) is 0 Å². The number of rotatable bonds is 13. The van der Waals surface area contributed by atoms with Gasteiger partial charge in [0.25, 0.3) is 0 Å². The van der Waals surface area contributed by atoms with Crippen molar-refractivity contribution >= 4 is 5.78 Å². The molecule has 0 amide bonds. The number of unbranched alkanes of at least 4 members (excludes halogenated alkanes) is 8. The lowest BCUT2D eigenvalue weighted by Crippen LogP contribution is -2.06. The molecule has 0 fully saturated rings. The van der Waals surface area contributed by atoms with Gasteiger partial charge in [0.05, 0.1) is 6.10 Å². The van der Waals surface area contributed by atoms with E-state index in [1.165, 1.54) is 44.9 Å². The van der Waals surface area contributed by atoms with Gasteiger partial charge in [-0.3, -0.25) is 4.79 Å². The summed E-state index contributed by atoms with van der Waals surface area (Å²) in [6.07, 6.45) is 11.6. The maximum atomic E-state index is 11.9. The summed E-state index contributed by atoms with van der Waals surface area (Å²) in [7, 11) is 0. The van der Waals surface area contributed by atoms with E-state index >= 15 is 0 Å². The Morgan fingerprint density at radius 2 is 1.45 bits per heavy atom. The van der Waals surface area contributed by atoms with Crippen molar-refractivity contribution in [3.8, 4) is 0 Å². The molecule has 0 aliphatic carbocycles. The molecule has 2 heteroatoms. The van der Waals surface area contributed by atoms with E-state index in [4.69, 9.17) is 0 Å². The summed E-state index contributed by atoms with van der Waals surface area (Å²) < 4.78 is 0. The second-order valence-corrected chi connectivity index (χ2v) is 6.25. The summed E-state index contributed by atoms with van der Waals surface area (Å²) >= 11 is 0. The Hall–Kier alpha value is -1.15. The number of aliphatic hydroxyl groups is 1. The van der Waals surface area contributed by atoms with Gasteiger partial charge < -0.3 is 5.11 Å². The van der Waals surface area contributed by atoms with Gasteiger partial charge in [0.15, 0.2) is 0 Å². The summed E-state index contributed by atoms with van der Waals surface area (Å²) in [4.78, 5) is 11.9. The van der Waals surface area contributed by atoms with Crippen LogP contribution in [0.3, 0.4) is 0 Å². The van der Waals surface area contributed by atoms with E-state index in [9.17, 15) is 9.90 Å². The highest BCUT2D eigenvalue weighted by Crippen LogP contribution is 2.18. The third kappa shape index (κ3) is 8.99. The van der Waals surface area contributed by atoms with Crippen LogP contribution in [0.4, 0.5) is 0 Å². The van der Waals surface area contributed by atoms with Gasteiger partial charge in [-0.1, -0.05) is 88.6 Å². The van der Waals surface area contributed by atoms with E-state index in [1.54, 1.807) is 0 Å².